The van der Waals surface area contributed by atoms with Crippen LogP contribution in [-0.4, -0.2) is 24.1 Å². The van der Waals surface area contributed by atoms with Crippen LogP contribution in [0.1, 0.15) is 16.8 Å². The molecule has 21 heavy (non-hydrogen) atoms. The molecule has 0 radical (unpaired) electrons. The fourth-order valence-electron chi connectivity index (χ4n) is 1.75. The Hall–Kier alpha value is -2.08. The standard InChI is InChI=1S/C15H18N2O3S/c1-10-3-4-13(7-11(10)2)20-6-5-16-15-17-12(9-21-15)8-14(18)19/h3-4,7,9H,5-6,8H2,1-2H3,(H,16,17)(H,18,19)/p-1. The lowest BCUT2D eigenvalue weighted by molar-refractivity contribution is -0.304. The van der Waals surface area contributed by atoms with Gasteiger partial charge in [0, 0.05) is 17.8 Å². The van der Waals surface area contributed by atoms with Crippen molar-refractivity contribution in [3.05, 3.63) is 40.4 Å². The largest absolute Gasteiger partial charge is 0.550 e. The van der Waals surface area contributed by atoms with Gasteiger partial charge in [-0.3, -0.25) is 0 Å². The van der Waals surface area contributed by atoms with Crippen molar-refractivity contribution in [3.63, 3.8) is 0 Å². The highest BCUT2D eigenvalue weighted by atomic mass is 32.1. The zero-order valence-electron chi connectivity index (χ0n) is 12.0. The molecule has 0 amide bonds. The van der Waals surface area contributed by atoms with Gasteiger partial charge in [0.2, 0.25) is 0 Å². The van der Waals surface area contributed by atoms with E-state index in [2.05, 4.69) is 24.1 Å². The van der Waals surface area contributed by atoms with E-state index >= 15 is 0 Å². The average molecular weight is 305 g/mol. The average Bonchev–Trinajstić information content (AvgIpc) is 2.85. The van der Waals surface area contributed by atoms with Crippen molar-refractivity contribution in [2.45, 2.75) is 20.3 Å². The van der Waals surface area contributed by atoms with Gasteiger partial charge in [-0.05, 0) is 37.1 Å². The number of carbonyl (C=O) groups excluding carboxylic acids is 1. The van der Waals surface area contributed by atoms with E-state index in [4.69, 9.17) is 4.74 Å². The number of aryl methyl sites for hydroxylation is 2. The van der Waals surface area contributed by atoms with Gasteiger partial charge in [-0.15, -0.1) is 11.3 Å². The zero-order valence-corrected chi connectivity index (χ0v) is 12.8. The Balaban J connectivity index is 1.75. The number of ether oxygens (including phenoxy) is 1. The molecule has 0 saturated carbocycles. The number of nitrogens with one attached hydrogen (secondary N) is 1. The van der Waals surface area contributed by atoms with Crippen LogP contribution in [0.5, 0.6) is 5.75 Å². The van der Waals surface area contributed by atoms with E-state index < -0.39 is 5.97 Å². The summed E-state index contributed by atoms with van der Waals surface area (Å²) >= 11 is 1.37. The molecule has 0 unspecified atom stereocenters. The Bertz CT molecular complexity index is 625. The predicted molar refractivity (Wildman–Crippen MR) is 80.7 cm³/mol. The second-order valence-electron chi connectivity index (χ2n) is 4.71. The van der Waals surface area contributed by atoms with E-state index in [0.29, 0.717) is 24.0 Å². The van der Waals surface area contributed by atoms with Crippen LogP contribution in [0.25, 0.3) is 0 Å². The molecule has 6 heteroatoms. The fourth-order valence-corrected chi connectivity index (χ4v) is 2.49. The molecular formula is C15H17N2O3S-. The van der Waals surface area contributed by atoms with Crippen molar-refractivity contribution < 1.29 is 14.6 Å². The molecule has 1 heterocycles. The molecule has 112 valence electrons. The summed E-state index contributed by atoms with van der Waals surface area (Å²) in [6.45, 7) is 5.23. The predicted octanol–water partition coefficient (Wildman–Crippen LogP) is 1.54. The first-order valence-corrected chi connectivity index (χ1v) is 7.51. The van der Waals surface area contributed by atoms with E-state index in [1.165, 1.54) is 22.5 Å². The molecule has 1 aromatic carbocycles. The maximum absolute atomic E-state index is 10.5. The number of carboxylic acids is 1. The van der Waals surface area contributed by atoms with Crippen LogP contribution in [-0.2, 0) is 11.2 Å². The van der Waals surface area contributed by atoms with Gasteiger partial charge in [0.05, 0.1) is 12.2 Å². The van der Waals surface area contributed by atoms with Crippen molar-refractivity contribution >= 4 is 22.4 Å². The second kappa shape index (κ2) is 7.08. The number of aliphatic carboxylic acids is 1. The van der Waals surface area contributed by atoms with Crippen LogP contribution in [0.4, 0.5) is 5.13 Å². The molecule has 5 nitrogen and oxygen atoms in total. The molecule has 0 aliphatic heterocycles. The molecule has 2 rings (SSSR count). The third kappa shape index (κ3) is 4.75. The first-order valence-electron chi connectivity index (χ1n) is 6.63. The van der Waals surface area contributed by atoms with Crippen molar-refractivity contribution in [1.29, 1.82) is 0 Å². The van der Waals surface area contributed by atoms with E-state index in [9.17, 15) is 9.90 Å². The van der Waals surface area contributed by atoms with Gasteiger partial charge in [-0.2, -0.15) is 0 Å². The van der Waals surface area contributed by atoms with Crippen LogP contribution in [0.15, 0.2) is 23.6 Å². The number of carbonyl (C=O) groups is 1. The monoisotopic (exact) mass is 305 g/mol. The highest BCUT2D eigenvalue weighted by Gasteiger charge is 2.02. The van der Waals surface area contributed by atoms with Gasteiger partial charge < -0.3 is 20.0 Å². The molecule has 0 fully saturated rings. The number of aromatic nitrogens is 1. The van der Waals surface area contributed by atoms with Crippen molar-refractivity contribution in [3.8, 4) is 5.75 Å². The Labute approximate surface area is 127 Å². The Morgan fingerprint density at radius 1 is 1.38 bits per heavy atom. The van der Waals surface area contributed by atoms with Gasteiger partial charge in [0.1, 0.15) is 12.4 Å². The Morgan fingerprint density at radius 2 is 2.19 bits per heavy atom. The molecule has 1 aromatic heterocycles. The van der Waals surface area contributed by atoms with E-state index in [1.807, 2.05) is 18.2 Å². The minimum absolute atomic E-state index is 0.155. The lowest BCUT2D eigenvalue weighted by Crippen LogP contribution is -2.24. The van der Waals surface area contributed by atoms with Crippen molar-refractivity contribution in [2.75, 3.05) is 18.5 Å². The van der Waals surface area contributed by atoms with E-state index in [1.54, 1.807) is 5.38 Å². The molecule has 0 spiro atoms. The van der Waals surface area contributed by atoms with Gasteiger partial charge in [-0.25, -0.2) is 4.98 Å². The van der Waals surface area contributed by atoms with Crippen LogP contribution >= 0.6 is 11.3 Å². The number of carboxylic acid groups (broad SMARTS) is 1. The second-order valence-corrected chi connectivity index (χ2v) is 5.57. The van der Waals surface area contributed by atoms with Gasteiger partial charge in [-0.1, -0.05) is 6.07 Å². The van der Waals surface area contributed by atoms with Crippen LogP contribution in [0.2, 0.25) is 0 Å². The molecule has 1 N–H and O–H groups in total. The summed E-state index contributed by atoms with van der Waals surface area (Å²) in [5.74, 6) is -0.276. The summed E-state index contributed by atoms with van der Waals surface area (Å²) in [5, 5.41) is 16.0. The number of nitrogens with zero attached hydrogens (tertiary/aromatic N) is 1. The number of rotatable bonds is 7. The summed E-state index contributed by atoms with van der Waals surface area (Å²) < 4.78 is 5.65. The smallest absolute Gasteiger partial charge is 0.182 e. The highest BCUT2D eigenvalue weighted by molar-refractivity contribution is 7.13. The summed E-state index contributed by atoms with van der Waals surface area (Å²) in [4.78, 5) is 14.6. The maximum atomic E-state index is 10.5. The Kier molecular flexibility index (Phi) is 5.16. The zero-order chi connectivity index (χ0) is 15.2. The van der Waals surface area contributed by atoms with Crippen LogP contribution < -0.4 is 15.2 Å². The van der Waals surface area contributed by atoms with Crippen molar-refractivity contribution in [2.24, 2.45) is 0 Å². The molecule has 2 aromatic rings. The molecule has 0 atom stereocenters. The molecule has 0 aliphatic carbocycles. The normalized spacial score (nSPS) is 10.4. The topological polar surface area (TPSA) is 74.3 Å². The van der Waals surface area contributed by atoms with Crippen LogP contribution in [0.3, 0.4) is 0 Å². The number of hydrogen-bond donors (Lipinski definition) is 1. The Morgan fingerprint density at radius 3 is 2.90 bits per heavy atom. The lowest BCUT2D eigenvalue weighted by Gasteiger charge is -2.08. The summed E-state index contributed by atoms with van der Waals surface area (Å²) in [6, 6.07) is 5.99. The number of thiazole rings is 1. The quantitative estimate of drug-likeness (QED) is 0.786. The SMILES string of the molecule is Cc1ccc(OCCNc2nc(CC(=O)[O-])cs2)cc1C. The number of benzene rings is 1. The molecule has 0 aliphatic rings. The molecular weight excluding hydrogens is 288 g/mol. The van der Waals surface area contributed by atoms with Gasteiger partial charge in [0.15, 0.2) is 5.13 Å². The minimum atomic E-state index is -1.12. The summed E-state index contributed by atoms with van der Waals surface area (Å²) in [5.41, 5.74) is 2.95. The third-order valence-corrected chi connectivity index (χ3v) is 3.85. The maximum Gasteiger partial charge on any atom is 0.182 e. The van der Waals surface area contributed by atoms with Crippen molar-refractivity contribution in [1.82, 2.24) is 4.98 Å². The van der Waals surface area contributed by atoms with E-state index in [-0.39, 0.29) is 6.42 Å². The number of hydrogen-bond acceptors (Lipinski definition) is 6. The number of anilines is 1. The van der Waals surface area contributed by atoms with Crippen LogP contribution in [0, 0.1) is 13.8 Å². The molecule has 0 bridgehead atoms. The van der Waals surface area contributed by atoms with Gasteiger partial charge >= 0.3 is 0 Å². The van der Waals surface area contributed by atoms with Gasteiger partial charge in [0.25, 0.3) is 0 Å². The summed E-state index contributed by atoms with van der Waals surface area (Å²) in [7, 11) is 0. The van der Waals surface area contributed by atoms with E-state index in [0.717, 1.165) is 5.75 Å². The fraction of sp³-hybridized carbons (Fsp3) is 0.333. The first-order chi connectivity index (χ1) is 10.0. The molecule has 0 saturated heterocycles. The summed E-state index contributed by atoms with van der Waals surface area (Å²) in [6.07, 6.45) is -0.155. The minimum Gasteiger partial charge on any atom is -0.550 e. The highest BCUT2D eigenvalue weighted by Crippen LogP contribution is 2.17. The third-order valence-electron chi connectivity index (χ3n) is 3.00. The first kappa shape index (κ1) is 15.3. The lowest BCUT2D eigenvalue weighted by atomic mass is 10.1.